The van der Waals surface area contributed by atoms with Crippen LogP contribution in [0.4, 0.5) is 5.69 Å². The molecule has 1 aliphatic rings. The minimum Gasteiger partial charge on any atom is -0.369 e. The van der Waals surface area contributed by atoms with E-state index in [9.17, 15) is 0 Å². The van der Waals surface area contributed by atoms with Crippen molar-refractivity contribution in [2.75, 3.05) is 25.0 Å². The normalized spacial score (nSPS) is 18.8. The molecule has 0 aromatic heterocycles. The minimum absolute atomic E-state index is 0.698. The monoisotopic (exact) mass is 246 g/mol. The summed E-state index contributed by atoms with van der Waals surface area (Å²) in [6, 6.07) is 9.61. The van der Waals surface area contributed by atoms with Crippen molar-refractivity contribution in [1.29, 1.82) is 0 Å². The van der Waals surface area contributed by atoms with Crippen LogP contribution in [0.5, 0.6) is 0 Å². The van der Waals surface area contributed by atoms with Gasteiger partial charge in [-0.2, -0.15) is 0 Å². The molecule has 0 bridgehead atoms. The van der Waals surface area contributed by atoms with Gasteiger partial charge in [-0.3, -0.25) is 0 Å². The molecule has 2 nitrogen and oxygen atoms in total. The highest BCUT2D eigenvalue weighted by Crippen LogP contribution is 2.30. The molecule has 0 aliphatic carbocycles. The third-order valence-corrected chi connectivity index (χ3v) is 3.99. The molecule has 0 amide bonds. The van der Waals surface area contributed by atoms with Crippen LogP contribution >= 0.6 is 0 Å². The molecule has 0 radical (unpaired) electrons. The number of fused-ring (bicyclic) bond motifs is 1. The van der Waals surface area contributed by atoms with Gasteiger partial charge in [0.15, 0.2) is 0 Å². The number of unbranched alkanes of at least 4 members (excludes halogenated alkanes) is 2. The van der Waals surface area contributed by atoms with Gasteiger partial charge in [0.25, 0.3) is 0 Å². The second-order valence-electron chi connectivity index (χ2n) is 5.37. The molecule has 1 aromatic rings. The molecular weight excluding hydrogens is 220 g/mol. The lowest BCUT2D eigenvalue weighted by Gasteiger charge is -2.37. The van der Waals surface area contributed by atoms with Gasteiger partial charge in [0, 0.05) is 18.3 Å². The lowest BCUT2D eigenvalue weighted by Crippen LogP contribution is -2.38. The Balaban J connectivity index is 1.90. The molecule has 1 aromatic carbocycles. The van der Waals surface area contributed by atoms with E-state index in [1.165, 1.54) is 49.9 Å². The van der Waals surface area contributed by atoms with Gasteiger partial charge in [0.2, 0.25) is 0 Å². The van der Waals surface area contributed by atoms with Gasteiger partial charge >= 0.3 is 0 Å². The minimum atomic E-state index is 0.698. The van der Waals surface area contributed by atoms with Crippen LogP contribution in [0.25, 0.3) is 0 Å². The van der Waals surface area contributed by atoms with Crippen LogP contribution in [0, 0.1) is 0 Å². The molecule has 1 N–H and O–H groups in total. The summed E-state index contributed by atoms with van der Waals surface area (Å²) in [5.41, 5.74) is 3.01. The number of nitrogens with one attached hydrogen (secondary N) is 1. The van der Waals surface area contributed by atoms with E-state index in [0.29, 0.717) is 6.04 Å². The molecule has 100 valence electrons. The van der Waals surface area contributed by atoms with E-state index >= 15 is 0 Å². The SMILES string of the molecule is CNCCCCCN1c2ccccc2CCC1C. The molecule has 0 saturated heterocycles. The summed E-state index contributed by atoms with van der Waals surface area (Å²) in [5.74, 6) is 0. The number of hydrogen-bond acceptors (Lipinski definition) is 2. The van der Waals surface area contributed by atoms with Gasteiger partial charge in [-0.25, -0.2) is 0 Å². The third-order valence-electron chi connectivity index (χ3n) is 3.99. The maximum atomic E-state index is 3.22. The average molecular weight is 246 g/mol. The predicted molar refractivity (Wildman–Crippen MR) is 79.3 cm³/mol. The molecule has 18 heavy (non-hydrogen) atoms. The fraction of sp³-hybridized carbons (Fsp3) is 0.625. The van der Waals surface area contributed by atoms with Gasteiger partial charge in [0.1, 0.15) is 0 Å². The smallest absolute Gasteiger partial charge is 0.0401 e. The van der Waals surface area contributed by atoms with Crippen molar-refractivity contribution in [1.82, 2.24) is 5.32 Å². The van der Waals surface area contributed by atoms with Crippen LogP contribution in [0.3, 0.4) is 0 Å². The molecule has 2 rings (SSSR count). The van der Waals surface area contributed by atoms with Gasteiger partial charge in [-0.1, -0.05) is 24.6 Å². The summed E-state index contributed by atoms with van der Waals surface area (Å²) in [5, 5.41) is 3.22. The highest BCUT2D eigenvalue weighted by Gasteiger charge is 2.21. The summed E-state index contributed by atoms with van der Waals surface area (Å²) in [6.07, 6.45) is 6.47. The maximum Gasteiger partial charge on any atom is 0.0401 e. The Labute approximate surface area is 111 Å². The topological polar surface area (TPSA) is 15.3 Å². The first-order valence-electron chi connectivity index (χ1n) is 7.32. The molecule has 1 atom stereocenters. The van der Waals surface area contributed by atoms with Crippen LogP contribution in [-0.2, 0) is 6.42 Å². The number of rotatable bonds is 6. The second kappa shape index (κ2) is 6.79. The van der Waals surface area contributed by atoms with Crippen molar-refractivity contribution in [2.45, 2.75) is 45.1 Å². The molecule has 0 spiro atoms. The van der Waals surface area contributed by atoms with E-state index in [4.69, 9.17) is 0 Å². The zero-order chi connectivity index (χ0) is 12.8. The zero-order valence-corrected chi connectivity index (χ0v) is 11.8. The van der Waals surface area contributed by atoms with Gasteiger partial charge in [0.05, 0.1) is 0 Å². The first kappa shape index (κ1) is 13.4. The maximum absolute atomic E-state index is 3.22. The quantitative estimate of drug-likeness (QED) is 0.775. The van der Waals surface area contributed by atoms with E-state index in [1.54, 1.807) is 0 Å². The van der Waals surface area contributed by atoms with E-state index < -0.39 is 0 Å². The van der Waals surface area contributed by atoms with Crippen molar-refractivity contribution in [3.63, 3.8) is 0 Å². The van der Waals surface area contributed by atoms with E-state index in [0.717, 1.165) is 6.54 Å². The highest BCUT2D eigenvalue weighted by molar-refractivity contribution is 5.56. The van der Waals surface area contributed by atoms with Gasteiger partial charge < -0.3 is 10.2 Å². The van der Waals surface area contributed by atoms with Crippen molar-refractivity contribution in [2.24, 2.45) is 0 Å². The summed E-state index contributed by atoms with van der Waals surface area (Å²) >= 11 is 0. The Morgan fingerprint density at radius 3 is 2.89 bits per heavy atom. The fourth-order valence-electron chi connectivity index (χ4n) is 2.86. The number of anilines is 1. The molecule has 2 heteroatoms. The molecule has 1 unspecified atom stereocenters. The van der Waals surface area contributed by atoms with Crippen molar-refractivity contribution >= 4 is 5.69 Å². The molecule has 1 heterocycles. The van der Waals surface area contributed by atoms with E-state index in [-0.39, 0.29) is 0 Å². The summed E-state index contributed by atoms with van der Waals surface area (Å²) in [7, 11) is 2.03. The van der Waals surface area contributed by atoms with Gasteiger partial charge in [-0.15, -0.1) is 0 Å². The van der Waals surface area contributed by atoms with E-state index in [2.05, 4.69) is 41.4 Å². The molecule has 1 aliphatic heterocycles. The number of aryl methyl sites for hydroxylation is 1. The number of hydrogen-bond donors (Lipinski definition) is 1. The summed E-state index contributed by atoms with van der Waals surface area (Å²) in [6.45, 7) is 4.72. The van der Waals surface area contributed by atoms with Crippen LogP contribution in [0.2, 0.25) is 0 Å². The van der Waals surface area contributed by atoms with Crippen LogP contribution in [-0.4, -0.2) is 26.2 Å². The van der Waals surface area contributed by atoms with Crippen molar-refractivity contribution in [3.8, 4) is 0 Å². The van der Waals surface area contributed by atoms with E-state index in [1.807, 2.05) is 7.05 Å². The summed E-state index contributed by atoms with van der Waals surface area (Å²) < 4.78 is 0. The summed E-state index contributed by atoms with van der Waals surface area (Å²) in [4.78, 5) is 2.61. The van der Waals surface area contributed by atoms with Crippen LogP contribution < -0.4 is 10.2 Å². The van der Waals surface area contributed by atoms with Crippen molar-refractivity contribution in [3.05, 3.63) is 29.8 Å². The Hall–Kier alpha value is -1.02. The largest absolute Gasteiger partial charge is 0.369 e. The molecular formula is C16H26N2. The molecule has 0 saturated carbocycles. The Bertz CT molecular complexity index is 362. The van der Waals surface area contributed by atoms with Crippen LogP contribution in [0.15, 0.2) is 24.3 Å². The van der Waals surface area contributed by atoms with Crippen LogP contribution in [0.1, 0.15) is 38.2 Å². The average Bonchev–Trinajstić information content (AvgIpc) is 2.41. The zero-order valence-electron chi connectivity index (χ0n) is 11.8. The van der Waals surface area contributed by atoms with Crippen molar-refractivity contribution < 1.29 is 0 Å². The Morgan fingerprint density at radius 2 is 2.06 bits per heavy atom. The standard InChI is InChI=1S/C16H26N2/c1-14-10-11-15-8-4-5-9-16(15)18(14)13-7-3-6-12-17-2/h4-5,8-9,14,17H,3,6-7,10-13H2,1-2H3. The second-order valence-corrected chi connectivity index (χ2v) is 5.37. The molecule has 0 fully saturated rings. The first-order valence-corrected chi connectivity index (χ1v) is 7.32. The van der Waals surface area contributed by atoms with Gasteiger partial charge in [-0.05, 0) is 57.8 Å². The Morgan fingerprint density at radius 1 is 1.22 bits per heavy atom. The third kappa shape index (κ3) is 3.26. The lowest BCUT2D eigenvalue weighted by molar-refractivity contribution is 0.537. The first-order chi connectivity index (χ1) is 8.83. The number of benzene rings is 1. The Kier molecular flexibility index (Phi) is 5.06. The number of para-hydroxylation sites is 1. The highest BCUT2D eigenvalue weighted by atomic mass is 15.2. The predicted octanol–water partition coefficient (Wildman–Crippen LogP) is 3.22. The number of nitrogens with zero attached hydrogens (tertiary/aromatic N) is 1. The lowest BCUT2D eigenvalue weighted by atomic mass is 9.96. The fourth-order valence-corrected chi connectivity index (χ4v) is 2.86.